The second-order valence-corrected chi connectivity index (χ2v) is 9.59. The minimum absolute atomic E-state index is 0.105. The Balaban J connectivity index is 1.55. The van der Waals surface area contributed by atoms with Crippen LogP contribution in [0.1, 0.15) is 47.4 Å². The molecule has 5 rings (SSSR count). The lowest BCUT2D eigenvalue weighted by molar-refractivity contribution is -0.116. The molecule has 3 aromatic rings. The van der Waals surface area contributed by atoms with Crippen LogP contribution in [-0.2, 0) is 10.5 Å². The molecule has 2 aliphatic rings. The molecule has 0 amide bonds. The van der Waals surface area contributed by atoms with Gasteiger partial charge in [0.15, 0.2) is 10.9 Å². The van der Waals surface area contributed by atoms with Crippen LogP contribution in [-0.4, -0.2) is 15.8 Å². The van der Waals surface area contributed by atoms with Crippen molar-refractivity contribution in [3.05, 3.63) is 97.4 Å². The maximum Gasteiger partial charge on any atom is 0.257 e. The van der Waals surface area contributed by atoms with E-state index in [9.17, 15) is 9.59 Å². The largest absolute Gasteiger partial charge is 0.343 e. The molecule has 0 spiro atoms. The number of hydrogen-bond acceptors (Lipinski definition) is 5. The van der Waals surface area contributed by atoms with Gasteiger partial charge in [0.2, 0.25) is 0 Å². The number of allylic oxidation sites excluding steroid dienone is 2. The lowest BCUT2D eigenvalue weighted by Crippen LogP contribution is -2.32. The van der Waals surface area contributed by atoms with Crippen molar-refractivity contribution in [2.45, 2.75) is 43.0 Å². The first-order valence-electron chi connectivity index (χ1n) is 10.6. The fourth-order valence-electron chi connectivity index (χ4n) is 4.38. The molecule has 1 aliphatic heterocycles. The van der Waals surface area contributed by atoms with Crippen molar-refractivity contribution in [3.8, 4) is 0 Å². The number of aromatic amines is 1. The van der Waals surface area contributed by atoms with E-state index >= 15 is 0 Å². The van der Waals surface area contributed by atoms with E-state index in [1.807, 2.05) is 55.5 Å². The van der Waals surface area contributed by atoms with Gasteiger partial charge in [-0.25, -0.2) is 4.98 Å². The first kappa shape index (κ1) is 21.0. The van der Waals surface area contributed by atoms with E-state index in [-0.39, 0.29) is 11.3 Å². The molecule has 162 valence electrons. The minimum Gasteiger partial charge on any atom is -0.343 e. The highest BCUT2D eigenvalue weighted by Gasteiger charge is 2.37. The SMILES string of the molecule is Cc1ccc([C@H]2C3=C(CCCC3=O)Nc3nc(SCc4cccc(Cl)c4)[nH]c(=O)c32)cc1. The molecule has 2 N–H and O–H groups in total. The second kappa shape index (κ2) is 8.60. The van der Waals surface area contributed by atoms with E-state index in [0.717, 1.165) is 35.2 Å². The van der Waals surface area contributed by atoms with E-state index in [1.165, 1.54) is 11.8 Å². The van der Waals surface area contributed by atoms with Gasteiger partial charge in [-0.15, -0.1) is 0 Å². The molecule has 0 fully saturated rings. The Morgan fingerprint density at radius 3 is 2.72 bits per heavy atom. The number of halogens is 1. The van der Waals surface area contributed by atoms with Crippen molar-refractivity contribution in [2.24, 2.45) is 0 Å². The van der Waals surface area contributed by atoms with Gasteiger partial charge in [0.05, 0.1) is 5.56 Å². The Morgan fingerprint density at radius 1 is 1.12 bits per heavy atom. The van der Waals surface area contributed by atoms with Crippen LogP contribution >= 0.6 is 23.4 Å². The highest BCUT2D eigenvalue weighted by molar-refractivity contribution is 7.98. The zero-order chi connectivity index (χ0) is 22.2. The summed E-state index contributed by atoms with van der Waals surface area (Å²) < 4.78 is 0. The van der Waals surface area contributed by atoms with E-state index in [0.29, 0.717) is 39.3 Å². The molecular weight excluding hydrogens is 442 g/mol. The quantitative estimate of drug-likeness (QED) is 0.389. The predicted octanol–water partition coefficient (Wildman–Crippen LogP) is 5.59. The first-order valence-corrected chi connectivity index (χ1v) is 12.0. The van der Waals surface area contributed by atoms with Gasteiger partial charge in [-0.1, -0.05) is 65.3 Å². The molecule has 7 heteroatoms. The molecule has 2 heterocycles. The number of hydrogen-bond donors (Lipinski definition) is 2. The number of nitrogens with one attached hydrogen (secondary N) is 2. The van der Waals surface area contributed by atoms with Crippen molar-refractivity contribution in [2.75, 3.05) is 5.32 Å². The zero-order valence-electron chi connectivity index (χ0n) is 17.6. The van der Waals surface area contributed by atoms with Crippen LogP contribution in [0.25, 0.3) is 0 Å². The Morgan fingerprint density at radius 2 is 1.94 bits per heavy atom. The minimum atomic E-state index is -0.405. The van der Waals surface area contributed by atoms with E-state index in [2.05, 4.69) is 10.3 Å². The maximum absolute atomic E-state index is 13.3. The van der Waals surface area contributed by atoms with Gasteiger partial charge in [0.25, 0.3) is 5.56 Å². The number of carbonyl (C=O) groups excluding carboxylic acids is 1. The third-order valence-electron chi connectivity index (χ3n) is 5.91. The van der Waals surface area contributed by atoms with Crippen LogP contribution in [0.3, 0.4) is 0 Å². The Hall–Kier alpha value is -2.83. The maximum atomic E-state index is 13.3. The van der Waals surface area contributed by atoms with Gasteiger partial charge in [-0.3, -0.25) is 9.59 Å². The molecule has 1 atom stereocenters. The number of Topliss-reactive ketones (excluding diaryl/α,β-unsaturated/α-hetero) is 1. The molecular formula is C25H22ClN3O2S. The Bertz CT molecular complexity index is 1300. The molecule has 1 aliphatic carbocycles. The van der Waals surface area contributed by atoms with Gasteiger partial charge < -0.3 is 10.3 Å². The molecule has 0 bridgehead atoms. The van der Waals surface area contributed by atoms with Crippen molar-refractivity contribution >= 4 is 35.0 Å². The molecule has 32 heavy (non-hydrogen) atoms. The molecule has 5 nitrogen and oxygen atoms in total. The van der Waals surface area contributed by atoms with Crippen LogP contribution in [0.2, 0.25) is 5.02 Å². The summed E-state index contributed by atoms with van der Waals surface area (Å²) in [6, 6.07) is 15.7. The Kier molecular flexibility index (Phi) is 5.66. The van der Waals surface area contributed by atoms with Gasteiger partial charge in [-0.2, -0.15) is 0 Å². The van der Waals surface area contributed by atoms with Gasteiger partial charge in [0, 0.05) is 34.4 Å². The summed E-state index contributed by atoms with van der Waals surface area (Å²) in [5.74, 6) is 0.879. The molecule has 0 radical (unpaired) electrons. The second-order valence-electron chi connectivity index (χ2n) is 8.19. The lowest BCUT2D eigenvalue weighted by Gasteiger charge is -2.32. The topological polar surface area (TPSA) is 74.8 Å². The van der Waals surface area contributed by atoms with Crippen molar-refractivity contribution in [1.29, 1.82) is 0 Å². The van der Waals surface area contributed by atoms with Crippen molar-refractivity contribution in [1.82, 2.24) is 9.97 Å². The Labute approximate surface area is 195 Å². The monoisotopic (exact) mass is 463 g/mol. The number of carbonyl (C=O) groups is 1. The molecule has 0 saturated carbocycles. The third kappa shape index (κ3) is 4.00. The number of fused-ring (bicyclic) bond motifs is 1. The fraction of sp³-hybridized carbons (Fsp3) is 0.240. The van der Waals surface area contributed by atoms with Crippen molar-refractivity contribution in [3.63, 3.8) is 0 Å². The van der Waals surface area contributed by atoms with Crippen LogP contribution in [0, 0.1) is 6.92 Å². The summed E-state index contributed by atoms with van der Waals surface area (Å²) in [5, 5.41) is 4.54. The summed E-state index contributed by atoms with van der Waals surface area (Å²) in [7, 11) is 0. The van der Waals surface area contributed by atoms with E-state index < -0.39 is 5.92 Å². The van der Waals surface area contributed by atoms with Crippen LogP contribution in [0.15, 0.2) is 69.8 Å². The first-order chi connectivity index (χ1) is 15.5. The van der Waals surface area contributed by atoms with Crippen LogP contribution in [0.5, 0.6) is 0 Å². The number of anilines is 1. The summed E-state index contributed by atoms with van der Waals surface area (Å²) in [6.45, 7) is 2.02. The van der Waals surface area contributed by atoms with Crippen molar-refractivity contribution < 1.29 is 4.79 Å². The van der Waals surface area contributed by atoms with Gasteiger partial charge in [0.1, 0.15) is 5.82 Å². The highest BCUT2D eigenvalue weighted by atomic mass is 35.5. The zero-order valence-corrected chi connectivity index (χ0v) is 19.1. The smallest absolute Gasteiger partial charge is 0.257 e. The third-order valence-corrected chi connectivity index (χ3v) is 7.09. The number of thioether (sulfide) groups is 1. The van der Waals surface area contributed by atoms with Gasteiger partial charge >= 0.3 is 0 Å². The predicted molar refractivity (Wildman–Crippen MR) is 128 cm³/mol. The molecule has 0 saturated heterocycles. The number of H-pyrrole nitrogens is 1. The number of aromatic nitrogens is 2. The number of benzene rings is 2. The summed E-state index contributed by atoms with van der Waals surface area (Å²) >= 11 is 7.53. The summed E-state index contributed by atoms with van der Waals surface area (Å²) in [6.07, 6.45) is 2.10. The average Bonchev–Trinajstić information content (AvgIpc) is 2.77. The number of aryl methyl sites for hydroxylation is 1. The fourth-order valence-corrected chi connectivity index (χ4v) is 5.40. The summed E-state index contributed by atoms with van der Waals surface area (Å²) in [5.41, 5.74) is 5.01. The summed E-state index contributed by atoms with van der Waals surface area (Å²) in [4.78, 5) is 33.9. The molecule has 1 aromatic heterocycles. The highest BCUT2D eigenvalue weighted by Crippen LogP contribution is 2.43. The normalized spacial score (nSPS) is 17.6. The van der Waals surface area contributed by atoms with Crippen LogP contribution < -0.4 is 10.9 Å². The van der Waals surface area contributed by atoms with Crippen LogP contribution in [0.4, 0.5) is 5.82 Å². The number of nitrogens with zero attached hydrogens (tertiary/aromatic N) is 1. The number of ketones is 1. The van der Waals surface area contributed by atoms with Gasteiger partial charge in [-0.05, 0) is 43.0 Å². The number of rotatable bonds is 4. The lowest BCUT2D eigenvalue weighted by atomic mass is 9.76. The average molecular weight is 464 g/mol. The molecule has 2 aromatic carbocycles. The van der Waals surface area contributed by atoms with E-state index in [4.69, 9.17) is 16.6 Å². The van der Waals surface area contributed by atoms with E-state index in [1.54, 1.807) is 0 Å². The standard InChI is InChI=1S/C25H22ClN3O2S/c1-14-8-10-16(11-9-14)20-21-18(6-3-7-19(21)30)27-23-22(20)24(31)29-25(28-23)32-13-15-4-2-5-17(26)12-15/h2,4-5,8-12,20H,3,6-7,13H2,1H3,(H2,27,28,29,31)/t20-/m0/s1. The molecule has 0 unspecified atom stereocenters.